The van der Waals surface area contributed by atoms with Crippen LogP contribution in [-0.2, 0) is 15.3 Å². The zero-order valence-electron chi connectivity index (χ0n) is 15.9. The van der Waals surface area contributed by atoms with Crippen molar-refractivity contribution in [2.75, 3.05) is 11.4 Å². The number of amides is 3. The summed E-state index contributed by atoms with van der Waals surface area (Å²) in [6.07, 6.45) is -9.84. The minimum Gasteiger partial charge on any atom is -0.479 e. The zero-order chi connectivity index (χ0) is 25.0. The average Bonchev–Trinajstić information content (AvgIpc) is 2.69. The highest BCUT2D eigenvalue weighted by atomic mass is 19.4. The zero-order valence-corrected chi connectivity index (χ0v) is 15.9. The Kier molecular flexibility index (Phi) is 5.58. The van der Waals surface area contributed by atoms with Gasteiger partial charge in [-0.1, -0.05) is 6.07 Å². The van der Waals surface area contributed by atoms with Crippen molar-refractivity contribution < 1.29 is 59.4 Å². The number of ether oxygens (including phenoxy) is 1. The van der Waals surface area contributed by atoms with Crippen LogP contribution in [0.3, 0.4) is 0 Å². The molecule has 1 aromatic carbocycles. The van der Waals surface area contributed by atoms with Crippen molar-refractivity contribution in [3.63, 3.8) is 0 Å². The lowest BCUT2D eigenvalue weighted by molar-refractivity contribution is -0.274. The number of imide groups is 1. The number of carbonyl (C=O) groups is 3. The van der Waals surface area contributed by atoms with E-state index in [1.165, 1.54) is 0 Å². The number of carboxylic acids is 1. The van der Waals surface area contributed by atoms with Gasteiger partial charge in [-0.2, -0.15) is 8.78 Å². The second kappa shape index (κ2) is 7.59. The second-order valence-corrected chi connectivity index (χ2v) is 7.04. The Labute approximate surface area is 178 Å². The molecule has 1 heterocycles. The van der Waals surface area contributed by atoms with E-state index in [1.54, 1.807) is 5.32 Å². The van der Waals surface area contributed by atoms with Crippen molar-refractivity contribution in [3.05, 3.63) is 35.9 Å². The van der Waals surface area contributed by atoms with Crippen molar-refractivity contribution in [3.8, 4) is 5.75 Å². The van der Waals surface area contributed by atoms with Crippen molar-refractivity contribution in [1.29, 1.82) is 0 Å². The average molecular weight is 488 g/mol. The molecule has 0 bridgehead atoms. The molecular weight excluding hydrogens is 476 g/mol. The van der Waals surface area contributed by atoms with Gasteiger partial charge in [-0.25, -0.2) is 22.8 Å². The fraction of sp³-hybridized carbons (Fsp3) is 0.389. The van der Waals surface area contributed by atoms with Crippen LogP contribution in [0.1, 0.15) is 12.0 Å². The third kappa shape index (κ3) is 3.74. The Morgan fingerprint density at radius 2 is 1.82 bits per heavy atom. The summed E-state index contributed by atoms with van der Waals surface area (Å²) >= 11 is 0. The number of nitrogens with zero attached hydrogens (tertiary/aromatic N) is 1. The van der Waals surface area contributed by atoms with Gasteiger partial charge in [-0.3, -0.25) is 15.0 Å². The van der Waals surface area contributed by atoms with Crippen LogP contribution in [0.5, 0.6) is 5.75 Å². The summed E-state index contributed by atoms with van der Waals surface area (Å²) in [7, 11) is 0. The Morgan fingerprint density at radius 1 is 1.18 bits per heavy atom. The van der Waals surface area contributed by atoms with E-state index in [2.05, 4.69) is 4.74 Å². The Hall–Kier alpha value is -3.39. The largest absolute Gasteiger partial charge is 0.573 e. The van der Waals surface area contributed by atoms with Gasteiger partial charge >= 0.3 is 24.3 Å². The minimum absolute atomic E-state index is 0.105. The number of anilines is 1. The van der Waals surface area contributed by atoms with Crippen molar-refractivity contribution >= 4 is 23.6 Å². The highest BCUT2D eigenvalue weighted by Crippen LogP contribution is 2.57. The van der Waals surface area contributed by atoms with Gasteiger partial charge in [0.2, 0.25) is 11.6 Å². The van der Waals surface area contributed by atoms with Gasteiger partial charge in [0.15, 0.2) is 11.9 Å². The van der Waals surface area contributed by atoms with Crippen LogP contribution in [0.4, 0.5) is 45.6 Å². The number of rotatable bonds is 4. The lowest BCUT2D eigenvalue weighted by Crippen LogP contribution is -2.64. The van der Waals surface area contributed by atoms with E-state index < -0.39 is 77.7 Å². The number of carbonyl (C=O) groups excluding carboxylic acids is 2. The molecule has 15 heteroatoms. The van der Waals surface area contributed by atoms with Crippen molar-refractivity contribution in [2.45, 2.75) is 36.2 Å². The number of carboxylic acid groups (broad SMARTS) is 1. The van der Waals surface area contributed by atoms with Crippen molar-refractivity contribution in [1.82, 2.24) is 5.32 Å². The first kappa shape index (κ1) is 24.3. The number of hydrogen-bond acceptors (Lipinski definition) is 4. The lowest BCUT2D eigenvalue weighted by atomic mass is 9.70. The fourth-order valence-corrected chi connectivity index (χ4v) is 3.45. The van der Waals surface area contributed by atoms with Crippen LogP contribution < -0.4 is 15.0 Å². The van der Waals surface area contributed by atoms with Crippen molar-refractivity contribution in [2.24, 2.45) is 0 Å². The first-order valence-corrected chi connectivity index (χ1v) is 8.88. The van der Waals surface area contributed by atoms with E-state index in [0.29, 0.717) is 4.90 Å². The molecule has 1 aromatic rings. The van der Waals surface area contributed by atoms with E-state index in [4.69, 9.17) is 5.11 Å². The summed E-state index contributed by atoms with van der Waals surface area (Å²) in [5.74, 6) is -10.2. The number of halogens is 8. The van der Waals surface area contributed by atoms with E-state index in [9.17, 15) is 40.7 Å². The van der Waals surface area contributed by atoms with E-state index in [0.717, 1.165) is 0 Å². The van der Waals surface area contributed by atoms with Gasteiger partial charge in [0.05, 0.1) is 5.69 Å². The molecular formula is C18H12F8N2O5. The monoisotopic (exact) mass is 488 g/mol. The highest BCUT2D eigenvalue weighted by molar-refractivity contribution is 6.06. The van der Waals surface area contributed by atoms with Gasteiger partial charge < -0.3 is 9.84 Å². The molecule has 0 spiro atoms. The number of hydrogen-bond donors (Lipinski definition) is 2. The Bertz CT molecular complexity index is 1050. The third-order valence-corrected chi connectivity index (χ3v) is 5.04. The SMILES string of the molecule is O=C1CCN(c2cc(C3(F)C(F)(C(=O)O)C=CC(F)C3(F)F)ccc2OC(F)(F)F)C(=O)N1. The highest BCUT2D eigenvalue weighted by Gasteiger charge is 2.76. The molecule has 0 saturated carbocycles. The maximum Gasteiger partial charge on any atom is 0.573 e. The maximum absolute atomic E-state index is 15.8. The minimum atomic E-state index is -5.39. The van der Waals surface area contributed by atoms with Crippen LogP contribution in [0, 0.1) is 0 Å². The maximum atomic E-state index is 15.8. The number of benzene rings is 1. The molecule has 33 heavy (non-hydrogen) atoms. The van der Waals surface area contributed by atoms with Crippen LogP contribution >= 0.6 is 0 Å². The van der Waals surface area contributed by atoms with Crippen LogP contribution in [0.2, 0.25) is 0 Å². The Morgan fingerprint density at radius 3 is 2.36 bits per heavy atom. The predicted molar refractivity (Wildman–Crippen MR) is 91.9 cm³/mol. The molecule has 1 aliphatic carbocycles. The summed E-state index contributed by atoms with van der Waals surface area (Å²) in [6.45, 7) is -0.622. The summed E-state index contributed by atoms with van der Waals surface area (Å²) in [5, 5.41) is 10.8. The number of allylic oxidation sites excluding steroid dienone is 1. The quantitative estimate of drug-likeness (QED) is 0.500. The first-order chi connectivity index (χ1) is 15.0. The van der Waals surface area contributed by atoms with Crippen LogP contribution in [0.25, 0.3) is 0 Å². The van der Waals surface area contributed by atoms with E-state index >= 15 is 8.78 Å². The molecule has 1 saturated heterocycles. The number of alkyl halides is 8. The Balaban J connectivity index is 2.26. The molecule has 1 fully saturated rings. The molecule has 2 N–H and O–H groups in total. The molecule has 180 valence electrons. The van der Waals surface area contributed by atoms with Gasteiger partial charge in [0.25, 0.3) is 5.67 Å². The summed E-state index contributed by atoms with van der Waals surface area (Å²) < 4.78 is 116. The first-order valence-electron chi connectivity index (χ1n) is 8.88. The van der Waals surface area contributed by atoms with Gasteiger partial charge in [-0.15, -0.1) is 13.2 Å². The molecule has 7 nitrogen and oxygen atoms in total. The standard InChI is InChI=1S/C18H12F8N2O5/c19-11-3-5-15(20,13(30)31)16(21,17(11,22)23)8-1-2-10(33-18(24,25)26)9(7-8)28-6-4-12(29)27-14(28)32/h1-3,5,7,11H,4,6H2,(H,30,31)(H,27,29,32). The fourth-order valence-electron chi connectivity index (χ4n) is 3.45. The summed E-state index contributed by atoms with van der Waals surface area (Å²) in [6, 6.07) is -0.873. The molecule has 3 rings (SSSR count). The molecule has 0 radical (unpaired) electrons. The van der Waals surface area contributed by atoms with Gasteiger partial charge in [-0.05, 0) is 24.3 Å². The number of urea groups is 1. The normalized spacial score (nSPS) is 29.6. The van der Waals surface area contributed by atoms with Crippen LogP contribution in [-0.4, -0.2) is 53.7 Å². The van der Waals surface area contributed by atoms with Gasteiger partial charge in [0, 0.05) is 18.5 Å². The smallest absolute Gasteiger partial charge is 0.479 e. The second-order valence-electron chi connectivity index (χ2n) is 7.04. The molecule has 1 aliphatic heterocycles. The molecule has 3 amide bonds. The van der Waals surface area contributed by atoms with E-state index in [-0.39, 0.29) is 30.4 Å². The predicted octanol–water partition coefficient (Wildman–Crippen LogP) is 3.53. The summed E-state index contributed by atoms with van der Waals surface area (Å²) in [4.78, 5) is 35.2. The third-order valence-electron chi connectivity index (χ3n) is 5.04. The summed E-state index contributed by atoms with van der Waals surface area (Å²) in [5.41, 5.74) is -12.2. The topological polar surface area (TPSA) is 95.9 Å². The molecule has 3 unspecified atom stereocenters. The van der Waals surface area contributed by atoms with Crippen LogP contribution in [0.15, 0.2) is 30.4 Å². The molecule has 0 aromatic heterocycles. The number of nitrogens with one attached hydrogen (secondary N) is 1. The lowest BCUT2D eigenvalue weighted by Gasteiger charge is -2.44. The molecule has 3 atom stereocenters. The van der Waals surface area contributed by atoms with Gasteiger partial charge in [0.1, 0.15) is 0 Å². The van der Waals surface area contributed by atoms with E-state index in [1.807, 2.05) is 0 Å². The number of aliphatic carboxylic acids is 1. The molecule has 2 aliphatic rings.